The molecular weight excluding hydrogens is 438 g/mol. The van der Waals surface area contributed by atoms with Gasteiger partial charge in [-0.05, 0) is 34.6 Å². The van der Waals surface area contributed by atoms with E-state index in [0.29, 0.717) is 0 Å². The lowest BCUT2D eigenvalue weighted by molar-refractivity contribution is 0.309. The van der Waals surface area contributed by atoms with Gasteiger partial charge in [0.1, 0.15) is 5.75 Å². The molecule has 0 aliphatic rings. The van der Waals surface area contributed by atoms with Crippen molar-refractivity contribution in [2.24, 2.45) is 0 Å². The number of ether oxygens (including phenoxy) is 1. The van der Waals surface area contributed by atoms with Gasteiger partial charge in [-0.3, -0.25) is 0 Å². The molecule has 30 heavy (non-hydrogen) atoms. The summed E-state index contributed by atoms with van der Waals surface area (Å²) in [7, 11) is 0. The smallest absolute Gasteiger partial charge is 0.273 e. The third-order valence-corrected chi connectivity index (χ3v) is 4.39. The molecule has 2 N–H and O–H groups in total. The van der Waals surface area contributed by atoms with Crippen LogP contribution in [0, 0.1) is 17.1 Å². The van der Waals surface area contributed by atoms with Crippen LogP contribution in [0.5, 0.6) is 11.5 Å². The van der Waals surface area contributed by atoms with E-state index in [4.69, 9.17) is 43.4 Å². The summed E-state index contributed by atoms with van der Waals surface area (Å²) in [6, 6.07) is 9.16. The standard InChI is InChI=1S/C18H9Cl2FN6O3/c19-10-3-8(7-22)4-11(6-10)28-16-12(20)2-1-9(14(16)21)5-13-24-25-18(29-13)15-17(23)27-30-26-15/h1-4,6H,5H2,(H2,23,27). The molecule has 0 aliphatic carbocycles. The van der Waals surface area contributed by atoms with Crippen LogP contribution in [0.1, 0.15) is 17.0 Å². The highest BCUT2D eigenvalue weighted by atomic mass is 35.5. The highest BCUT2D eigenvalue weighted by Crippen LogP contribution is 2.36. The van der Waals surface area contributed by atoms with E-state index in [9.17, 15) is 0 Å². The van der Waals surface area contributed by atoms with Gasteiger partial charge in [0.2, 0.25) is 17.4 Å². The molecule has 0 spiro atoms. The van der Waals surface area contributed by atoms with Gasteiger partial charge in [-0.25, -0.2) is 9.02 Å². The maximum absolute atomic E-state index is 15.1. The Labute approximate surface area is 177 Å². The number of hydrogen-bond acceptors (Lipinski definition) is 9. The first-order valence-corrected chi connectivity index (χ1v) is 8.96. The van der Waals surface area contributed by atoms with Crippen molar-refractivity contribution in [1.29, 1.82) is 5.26 Å². The molecule has 4 rings (SSSR count). The van der Waals surface area contributed by atoms with E-state index in [0.717, 1.165) is 0 Å². The molecular formula is C18H9Cl2FN6O3. The molecule has 4 aromatic rings. The minimum atomic E-state index is -0.733. The summed E-state index contributed by atoms with van der Waals surface area (Å²) in [6.45, 7) is 0. The lowest BCUT2D eigenvalue weighted by atomic mass is 10.1. The molecule has 2 aromatic carbocycles. The Morgan fingerprint density at radius 3 is 2.73 bits per heavy atom. The minimum Gasteiger partial charge on any atom is -0.453 e. The van der Waals surface area contributed by atoms with Crippen LogP contribution in [-0.4, -0.2) is 20.5 Å². The predicted octanol–water partition coefficient (Wildman–Crippen LogP) is 4.40. The molecule has 150 valence electrons. The second-order valence-electron chi connectivity index (χ2n) is 5.91. The minimum absolute atomic E-state index is 0.0162. The Morgan fingerprint density at radius 2 is 2.00 bits per heavy atom. The summed E-state index contributed by atoms with van der Waals surface area (Å²) in [5.74, 6) is -0.747. The molecule has 0 aliphatic heterocycles. The van der Waals surface area contributed by atoms with Crippen LogP contribution in [0.4, 0.5) is 10.2 Å². The van der Waals surface area contributed by atoms with Crippen molar-refractivity contribution < 1.29 is 18.2 Å². The normalized spacial score (nSPS) is 10.7. The van der Waals surface area contributed by atoms with Gasteiger partial charge in [0.05, 0.1) is 23.1 Å². The summed E-state index contributed by atoms with van der Waals surface area (Å²) in [5, 5.41) is 24.0. The third kappa shape index (κ3) is 3.89. The summed E-state index contributed by atoms with van der Waals surface area (Å²) >= 11 is 12.1. The number of halogens is 3. The fraction of sp³-hybridized carbons (Fsp3) is 0.0556. The van der Waals surface area contributed by atoms with E-state index in [2.05, 4.69) is 25.1 Å². The second kappa shape index (κ2) is 7.98. The highest BCUT2D eigenvalue weighted by Gasteiger charge is 2.20. The molecule has 2 heterocycles. The van der Waals surface area contributed by atoms with Gasteiger partial charge < -0.3 is 14.9 Å². The molecule has 2 aromatic heterocycles. The van der Waals surface area contributed by atoms with Gasteiger partial charge in [0, 0.05) is 10.6 Å². The molecule has 0 saturated heterocycles. The van der Waals surface area contributed by atoms with Crippen molar-refractivity contribution in [2.75, 3.05) is 5.73 Å². The predicted molar refractivity (Wildman–Crippen MR) is 102 cm³/mol. The summed E-state index contributed by atoms with van der Waals surface area (Å²) in [6.07, 6.45) is -0.0590. The van der Waals surface area contributed by atoms with Gasteiger partial charge >= 0.3 is 0 Å². The molecule has 0 radical (unpaired) electrons. The zero-order valence-corrected chi connectivity index (χ0v) is 16.3. The quantitative estimate of drug-likeness (QED) is 0.472. The SMILES string of the molecule is N#Cc1cc(Cl)cc(Oc2c(Cl)ccc(Cc3nnc(-c4nonc4N)o3)c2F)c1. The molecule has 0 amide bonds. The van der Waals surface area contributed by atoms with Crippen LogP contribution in [0.15, 0.2) is 39.4 Å². The van der Waals surface area contributed by atoms with Crippen molar-refractivity contribution in [2.45, 2.75) is 6.42 Å². The average molecular weight is 447 g/mol. The topological polar surface area (TPSA) is 137 Å². The first kappa shape index (κ1) is 19.6. The zero-order valence-electron chi connectivity index (χ0n) is 14.8. The number of nitrogens with two attached hydrogens (primary N) is 1. The van der Waals surface area contributed by atoms with Crippen LogP contribution in [0.2, 0.25) is 10.0 Å². The number of anilines is 1. The van der Waals surface area contributed by atoms with Crippen LogP contribution < -0.4 is 10.5 Å². The number of hydrogen-bond donors (Lipinski definition) is 1. The summed E-state index contributed by atoms with van der Waals surface area (Å²) in [4.78, 5) is 0. The molecule has 0 fully saturated rings. The average Bonchev–Trinajstić information content (AvgIpc) is 3.35. The van der Waals surface area contributed by atoms with Crippen LogP contribution in [-0.2, 0) is 6.42 Å². The summed E-state index contributed by atoms with van der Waals surface area (Å²) < 4.78 is 30.6. The summed E-state index contributed by atoms with van der Waals surface area (Å²) in [5.41, 5.74) is 6.10. The molecule has 0 bridgehead atoms. The monoisotopic (exact) mass is 446 g/mol. The lowest BCUT2D eigenvalue weighted by Gasteiger charge is -2.11. The van der Waals surface area contributed by atoms with E-state index in [1.165, 1.54) is 30.3 Å². The Balaban J connectivity index is 1.62. The van der Waals surface area contributed by atoms with Gasteiger partial charge in [0.25, 0.3) is 5.89 Å². The fourth-order valence-electron chi connectivity index (χ4n) is 2.53. The number of nitrogens with zero attached hydrogens (tertiary/aromatic N) is 5. The molecule has 12 heteroatoms. The van der Waals surface area contributed by atoms with Gasteiger partial charge in [-0.2, -0.15) is 5.26 Å². The van der Waals surface area contributed by atoms with Crippen molar-refractivity contribution in [1.82, 2.24) is 20.5 Å². The van der Waals surface area contributed by atoms with Gasteiger partial charge in [-0.15, -0.1) is 10.2 Å². The maximum atomic E-state index is 15.1. The Bertz CT molecular complexity index is 1280. The largest absolute Gasteiger partial charge is 0.453 e. The van der Waals surface area contributed by atoms with Crippen molar-refractivity contribution in [3.63, 3.8) is 0 Å². The van der Waals surface area contributed by atoms with Gasteiger partial charge in [0.15, 0.2) is 11.6 Å². The Kier molecular flexibility index (Phi) is 5.22. The lowest BCUT2D eigenvalue weighted by Crippen LogP contribution is -1.98. The Hall–Kier alpha value is -3.68. The van der Waals surface area contributed by atoms with Crippen molar-refractivity contribution in [3.05, 3.63) is 63.2 Å². The first-order valence-electron chi connectivity index (χ1n) is 8.21. The number of nitrogen functional groups attached to an aromatic ring is 1. The first-order chi connectivity index (χ1) is 14.4. The van der Waals surface area contributed by atoms with E-state index < -0.39 is 5.82 Å². The number of aromatic nitrogens is 4. The van der Waals surface area contributed by atoms with Crippen molar-refractivity contribution >= 4 is 29.0 Å². The van der Waals surface area contributed by atoms with E-state index >= 15 is 4.39 Å². The maximum Gasteiger partial charge on any atom is 0.273 e. The Morgan fingerprint density at radius 1 is 1.17 bits per heavy atom. The molecule has 0 atom stereocenters. The molecule has 9 nitrogen and oxygen atoms in total. The fourth-order valence-corrected chi connectivity index (χ4v) is 2.94. The van der Waals surface area contributed by atoms with E-state index in [1.807, 2.05) is 6.07 Å². The van der Waals surface area contributed by atoms with Crippen LogP contribution in [0.25, 0.3) is 11.6 Å². The number of rotatable bonds is 5. The van der Waals surface area contributed by atoms with Crippen LogP contribution >= 0.6 is 23.2 Å². The second-order valence-corrected chi connectivity index (χ2v) is 6.76. The third-order valence-electron chi connectivity index (χ3n) is 3.87. The highest BCUT2D eigenvalue weighted by molar-refractivity contribution is 6.32. The van der Waals surface area contributed by atoms with Crippen molar-refractivity contribution in [3.8, 4) is 29.2 Å². The zero-order chi connectivity index (χ0) is 21.3. The van der Waals surface area contributed by atoms with Crippen LogP contribution in [0.3, 0.4) is 0 Å². The number of nitriles is 1. The number of benzene rings is 2. The molecule has 0 saturated carbocycles. The van der Waals surface area contributed by atoms with E-state index in [-0.39, 0.29) is 62.4 Å². The van der Waals surface area contributed by atoms with E-state index in [1.54, 1.807) is 0 Å². The molecule has 0 unspecified atom stereocenters. The van der Waals surface area contributed by atoms with Gasteiger partial charge in [-0.1, -0.05) is 29.3 Å².